The predicted octanol–water partition coefficient (Wildman–Crippen LogP) is 4.43. The summed E-state index contributed by atoms with van der Waals surface area (Å²) in [6.45, 7) is 2.01. The van der Waals surface area contributed by atoms with Crippen molar-refractivity contribution in [2.24, 2.45) is 0 Å². The van der Waals surface area contributed by atoms with E-state index in [1.807, 2.05) is 13.1 Å². The minimum atomic E-state index is 1.01. The molecule has 0 bridgehead atoms. The smallest absolute Gasteiger partial charge is 0.115 e. The highest BCUT2D eigenvalue weighted by Gasteiger charge is 2.10. The fourth-order valence-electron chi connectivity index (χ4n) is 1.89. The standard InChI is InChI=1S/C13H9BrN2S/c1-8-11(5-15-7-16-8)9-3-2-4-10-12(14)6-17-13(9)10/h2-7H,1H3. The van der Waals surface area contributed by atoms with E-state index in [1.165, 1.54) is 15.6 Å². The zero-order valence-electron chi connectivity index (χ0n) is 9.14. The average molecular weight is 305 g/mol. The summed E-state index contributed by atoms with van der Waals surface area (Å²) in [6.07, 6.45) is 3.47. The summed E-state index contributed by atoms with van der Waals surface area (Å²) >= 11 is 5.31. The lowest BCUT2D eigenvalue weighted by Crippen LogP contribution is -1.88. The molecule has 4 heteroatoms. The quantitative estimate of drug-likeness (QED) is 0.664. The molecule has 2 heterocycles. The summed E-state index contributed by atoms with van der Waals surface area (Å²) < 4.78 is 2.42. The lowest BCUT2D eigenvalue weighted by molar-refractivity contribution is 1.11. The molecule has 0 amide bonds. The van der Waals surface area contributed by atoms with Gasteiger partial charge >= 0.3 is 0 Å². The Morgan fingerprint density at radius 2 is 2.12 bits per heavy atom. The van der Waals surface area contributed by atoms with E-state index in [4.69, 9.17) is 0 Å². The summed E-state index contributed by atoms with van der Waals surface area (Å²) in [5.74, 6) is 0. The van der Waals surface area contributed by atoms with Gasteiger partial charge in [0.25, 0.3) is 0 Å². The summed E-state index contributed by atoms with van der Waals surface area (Å²) in [4.78, 5) is 8.37. The fraction of sp³-hybridized carbons (Fsp3) is 0.0769. The Bertz CT molecular complexity index is 691. The molecule has 0 aliphatic rings. The molecule has 0 spiro atoms. The van der Waals surface area contributed by atoms with E-state index >= 15 is 0 Å². The number of aromatic nitrogens is 2. The van der Waals surface area contributed by atoms with E-state index in [2.05, 4.69) is 49.5 Å². The first-order valence-electron chi connectivity index (χ1n) is 5.20. The molecule has 0 atom stereocenters. The Labute approximate surface area is 111 Å². The van der Waals surface area contributed by atoms with Crippen molar-refractivity contribution in [2.45, 2.75) is 6.92 Å². The number of nitrogens with zero attached hydrogens (tertiary/aromatic N) is 2. The normalized spacial score (nSPS) is 10.9. The number of hydrogen-bond acceptors (Lipinski definition) is 3. The largest absolute Gasteiger partial charge is 0.244 e. The number of hydrogen-bond donors (Lipinski definition) is 0. The third kappa shape index (κ3) is 1.77. The Morgan fingerprint density at radius 3 is 2.94 bits per heavy atom. The number of fused-ring (bicyclic) bond motifs is 1. The van der Waals surface area contributed by atoms with Crippen LogP contribution in [0.2, 0.25) is 0 Å². The van der Waals surface area contributed by atoms with Gasteiger partial charge in [-0.15, -0.1) is 11.3 Å². The second-order valence-electron chi connectivity index (χ2n) is 3.79. The maximum atomic E-state index is 4.25. The minimum Gasteiger partial charge on any atom is -0.244 e. The van der Waals surface area contributed by atoms with Crippen LogP contribution in [0.3, 0.4) is 0 Å². The van der Waals surface area contributed by atoms with Crippen molar-refractivity contribution in [2.75, 3.05) is 0 Å². The van der Waals surface area contributed by atoms with Crippen molar-refractivity contribution in [3.63, 3.8) is 0 Å². The van der Waals surface area contributed by atoms with Crippen LogP contribution in [0.4, 0.5) is 0 Å². The summed E-state index contributed by atoms with van der Waals surface area (Å²) in [6, 6.07) is 6.32. The van der Waals surface area contributed by atoms with Crippen molar-refractivity contribution in [1.29, 1.82) is 0 Å². The molecule has 84 valence electrons. The van der Waals surface area contributed by atoms with Crippen LogP contribution in [0.5, 0.6) is 0 Å². The number of rotatable bonds is 1. The molecule has 0 radical (unpaired) electrons. The van der Waals surface area contributed by atoms with Gasteiger partial charge in [-0.3, -0.25) is 0 Å². The monoisotopic (exact) mass is 304 g/mol. The van der Waals surface area contributed by atoms with Crippen LogP contribution in [0, 0.1) is 6.92 Å². The van der Waals surface area contributed by atoms with E-state index in [0.29, 0.717) is 0 Å². The molecular formula is C13H9BrN2S. The van der Waals surface area contributed by atoms with E-state index < -0.39 is 0 Å². The molecule has 0 N–H and O–H groups in total. The van der Waals surface area contributed by atoms with Gasteiger partial charge in [0.2, 0.25) is 0 Å². The Hall–Kier alpha value is -1.26. The average Bonchev–Trinajstić information content (AvgIpc) is 2.72. The highest BCUT2D eigenvalue weighted by molar-refractivity contribution is 9.10. The van der Waals surface area contributed by atoms with Gasteiger partial charge in [0.05, 0.1) is 0 Å². The second kappa shape index (κ2) is 4.20. The molecule has 17 heavy (non-hydrogen) atoms. The Balaban J connectivity index is 2.35. The second-order valence-corrected chi connectivity index (χ2v) is 5.52. The zero-order chi connectivity index (χ0) is 11.8. The zero-order valence-corrected chi connectivity index (χ0v) is 11.5. The first kappa shape index (κ1) is 10.9. The molecule has 0 aliphatic carbocycles. The number of aryl methyl sites for hydroxylation is 1. The third-order valence-electron chi connectivity index (χ3n) is 2.75. The minimum absolute atomic E-state index is 1.01. The maximum Gasteiger partial charge on any atom is 0.115 e. The van der Waals surface area contributed by atoms with Crippen LogP contribution in [-0.2, 0) is 0 Å². The predicted molar refractivity (Wildman–Crippen MR) is 75.3 cm³/mol. The van der Waals surface area contributed by atoms with E-state index in [-0.39, 0.29) is 0 Å². The molecule has 1 aromatic carbocycles. The molecule has 2 aromatic heterocycles. The molecular weight excluding hydrogens is 296 g/mol. The highest BCUT2D eigenvalue weighted by atomic mass is 79.9. The topological polar surface area (TPSA) is 25.8 Å². The van der Waals surface area contributed by atoms with Crippen molar-refractivity contribution < 1.29 is 0 Å². The van der Waals surface area contributed by atoms with E-state index in [1.54, 1.807) is 17.7 Å². The van der Waals surface area contributed by atoms with Gasteiger partial charge in [0.1, 0.15) is 6.33 Å². The van der Waals surface area contributed by atoms with Gasteiger partial charge in [-0.25, -0.2) is 9.97 Å². The molecule has 0 fully saturated rings. The van der Waals surface area contributed by atoms with Crippen molar-refractivity contribution in [1.82, 2.24) is 9.97 Å². The fourth-order valence-corrected chi connectivity index (χ4v) is 3.59. The lowest BCUT2D eigenvalue weighted by atomic mass is 10.0. The van der Waals surface area contributed by atoms with E-state index in [9.17, 15) is 0 Å². The van der Waals surface area contributed by atoms with Gasteiger partial charge in [-0.1, -0.05) is 18.2 Å². The van der Waals surface area contributed by atoms with Crippen LogP contribution < -0.4 is 0 Å². The summed E-state index contributed by atoms with van der Waals surface area (Å²) in [7, 11) is 0. The molecule has 3 aromatic rings. The molecule has 0 saturated carbocycles. The summed E-state index contributed by atoms with van der Waals surface area (Å²) in [5, 5.41) is 3.36. The van der Waals surface area contributed by atoms with Crippen LogP contribution >= 0.6 is 27.3 Å². The molecule has 0 unspecified atom stereocenters. The first-order valence-corrected chi connectivity index (χ1v) is 6.87. The SMILES string of the molecule is Cc1ncncc1-c1cccc2c(Br)csc12. The van der Waals surface area contributed by atoms with Gasteiger partial charge in [-0.2, -0.15) is 0 Å². The third-order valence-corrected chi connectivity index (χ3v) is 4.74. The van der Waals surface area contributed by atoms with Crippen molar-refractivity contribution >= 4 is 37.4 Å². The van der Waals surface area contributed by atoms with Crippen LogP contribution in [0.1, 0.15) is 5.69 Å². The maximum absolute atomic E-state index is 4.25. The van der Waals surface area contributed by atoms with Crippen molar-refractivity contribution in [3.8, 4) is 11.1 Å². The van der Waals surface area contributed by atoms with Gasteiger partial charge < -0.3 is 0 Å². The van der Waals surface area contributed by atoms with Crippen LogP contribution in [0.15, 0.2) is 40.6 Å². The van der Waals surface area contributed by atoms with E-state index in [0.717, 1.165) is 15.7 Å². The Morgan fingerprint density at radius 1 is 1.24 bits per heavy atom. The first-order chi connectivity index (χ1) is 8.27. The van der Waals surface area contributed by atoms with Gasteiger partial charge in [0, 0.05) is 43.0 Å². The summed E-state index contributed by atoms with van der Waals surface area (Å²) in [5.41, 5.74) is 3.32. The lowest BCUT2D eigenvalue weighted by Gasteiger charge is -2.05. The number of halogens is 1. The highest BCUT2D eigenvalue weighted by Crippen LogP contribution is 2.37. The molecule has 0 aliphatic heterocycles. The molecule has 2 nitrogen and oxygen atoms in total. The van der Waals surface area contributed by atoms with Crippen LogP contribution in [-0.4, -0.2) is 9.97 Å². The van der Waals surface area contributed by atoms with Gasteiger partial charge in [0.15, 0.2) is 0 Å². The van der Waals surface area contributed by atoms with Crippen LogP contribution in [0.25, 0.3) is 21.2 Å². The molecule has 0 saturated heterocycles. The Kier molecular flexibility index (Phi) is 2.68. The van der Waals surface area contributed by atoms with Gasteiger partial charge in [-0.05, 0) is 22.9 Å². The number of thiophene rings is 1. The van der Waals surface area contributed by atoms with Crippen molar-refractivity contribution in [3.05, 3.63) is 46.3 Å². The molecule has 3 rings (SSSR count). The number of benzene rings is 1.